The Kier molecular flexibility index (Phi) is 1.85. The van der Waals surface area contributed by atoms with E-state index in [0.29, 0.717) is 11.0 Å². The molecule has 3 nitrogen and oxygen atoms in total. The lowest BCUT2D eigenvalue weighted by Gasteiger charge is -2.04. The summed E-state index contributed by atoms with van der Waals surface area (Å²) in [6.45, 7) is 4.00. The standard InChI is InChI=1S/C6H10ClN3/c1-4(2)10-5(7)3-6(8)9-10/h3-4H,1-2H3,(H2,8,9). The highest BCUT2D eigenvalue weighted by atomic mass is 35.5. The highest BCUT2D eigenvalue weighted by Crippen LogP contribution is 2.16. The summed E-state index contributed by atoms with van der Waals surface area (Å²) in [5, 5.41) is 4.56. The third kappa shape index (κ3) is 1.24. The first-order chi connectivity index (χ1) is 4.61. The van der Waals surface area contributed by atoms with Gasteiger partial charge in [0.2, 0.25) is 0 Å². The lowest BCUT2D eigenvalue weighted by Crippen LogP contribution is -2.02. The van der Waals surface area contributed by atoms with Crippen molar-refractivity contribution in [1.29, 1.82) is 0 Å². The molecule has 0 unspecified atom stereocenters. The number of aromatic nitrogens is 2. The summed E-state index contributed by atoms with van der Waals surface area (Å²) in [5.74, 6) is 0.471. The van der Waals surface area contributed by atoms with Crippen molar-refractivity contribution in [3.05, 3.63) is 11.2 Å². The number of halogens is 1. The highest BCUT2D eigenvalue weighted by molar-refractivity contribution is 6.29. The molecule has 2 N–H and O–H groups in total. The van der Waals surface area contributed by atoms with Gasteiger partial charge in [-0.3, -0.25) is 0 Å². The average Bonchev–Trinajstić information content (AvgIpc) is 2.10. The lowest BCUT2D eigenvalue weighted by molar-refractivity contribution is 0.535. The van der Waals surface area contributed by atoms with Gasteiger partial charge in [0, 0.05) is 12.1 Å². The van der Waals surface area contributed by atoms with Gasteiger partial charge in [0.1, 0.15) is 11.0 Å². The number of anilines is 1. The Morgan fingerprint density at radius 1 is 1.70 bits per heavy atom. The first-order valence-electron chi connectivity index (χ1n) is 3.12. The minimum Gasteiger partial charge on any atom is -0.382 e. The van der Waals surface area contributed by atoms with Gasteiger partial charge in [-0.2, -0.15) is 5.10 Å². The first kappa shape index (κ1) is 7.41. The molecule has 0 radical (unpaired) electrons. The van der Waals surface area contributed by atoms with Crippen molar-refractivity contribution in [1.82, 2.24) is 9.78 Å². The number of nitrogens with two attached hydrogens (primary N) is 1. The second-order valence-electron chi connectivity index (χ2n) is 2.43. The van der Waals surface area contributed by atoms with Crippen molar-refractivity contribution in [2.45, 2.75) is 19.9 Å². The molecule has 0 amide bonds. The van der Waals surface area contributed by atoms with E-state index in [1.54, 1.807) is 10.7 Å². The summed E-state index contributed by atoms with van der Waals surface area (Å²) in [6, 6.07) is 1.91. The molecule has 1 rings (SSSR count). The molecule has 0 aliphatic rings. The average molecular weight is 160 g/mol. The molecule has 0 aromatic carbocycles. The molecule has 0 saturated carbocycles. The molecule has 10 heavy (non-hydrogen) atoms. The Morgan fingerprint density at radius 2 is 2.30 bits per heavy atom. The quantitative estimate of drug-likeness (QED) is 0.678. The maximum absolute atomic E-state index is 5.76. The van der Waals surface area contributed by atoms with Gasteiger partial charge in [0.15, 0.2) is 0 Å². The lowest BCUT2D eigenvalue weighted by atomic mass is 10.4. The zero-order valence-electron chi connectivity index (χ0n) is 6.00. The van der Waals surface area contributed by atoms with E-state index in [-0.39, 0.29) is 6.04 Å². The van der Waals surface area contributed by atoms with Gasteiger partial charge in [-0.05, 0) is 13.8 Å². The molecular weight excluding hydrogens is 150 g/mol. The van der Waals surface area contributed by atoms with Crippen molar-refractivity contribution in [3.8, 4) is 0 Å². The summed E-state index contributed by atoms with van der Waals surface area (Å²) in [7, 11) is 0. The molecule has 1 heterocycles. The van der Waals surface area contributed by atoms with E-state index in [1.807, 2.05) is 13.8 Å². The fourth-order valence-corrected chi connectivity index (χ4v) is 1.10. The van der Waals surface area contributed by atoms with Gasteiger partial charge in [-0.25, -0.2) is 4.68 Å². The van der Waals surface area contributed by atoms with Gasteiger partial charge >= 0.3 is 0 Å². The van der Waals surface area contributed by atoms with Crippen LogP contribution in [0.2, 0.25) is 5.15 Å². The van der Waals surface area contributed by atoms with Crippen LogP contribution in [0.3, 0.4) is 0 Å². The predicted octanol–water partition coefficient (Wildman–Crippen LogP) is 1.70. The highest BCUT2D eigenvalue weighted by Gasteiger charge is 2.04. The molecule has 4 heteroatoms. The zero-order chi connectivity index (χ0) is 7.72. The number of hydrogen-bond acceptors (Lipinski definition) is 2. The monoisotopic (exact) mass is 159 g/mol. The smallest absolute Gasteiger partial charge is 0.147 e. The summed E-state index contributed by atoms with van der Waals surface area (Å²) >= 11 is 5.76. The second kappa shape index (κ2) is 2.50. The molecule has 0 atom stereocenters. The zero-order valence-corrected chi connectivity index (χ0v) is 6.76. The minimum absolute atomic E-state index is 0.268. The maximum atomic E-state index is 5.76. The Bertz CT molecular complexity index is 229. The normalized spacial score (nSPS) is 10.8. The van der Waals surface area contributed by atoms with Crippen LogP contribution in [0.5, 0.6) is 0 Å². The topological polar surface area (TPSA) is 43.8 Å². The largest absolute Gasteiger partial charge is 0.382 e. The van der Waals surface area contributed by atoms with Gasteiger partial charge in [0.25, 0.3) is 0 Å². The molecule has 0 bridgehead atoms. The molecule has 56 valence electrons. The fourth-order valence-electron chi connectivity index (χ4n) is 0.751. The van der Waals surface area contributed by atoms with E-state index < -0.39 is 0 Å². The molecule has 1 aromatic heterocycles. The number of hydrogen-bond donors (Lipinski definition) is 1. The Balaban J connectivity index is 3.03. The SMILES string of the molecule is CC(C)n1nc(N)cc1Cl. The fraction of sp³-hybridized carbons (Fsp3) is 0.500. The number of rotatable bonds is 1. The van der Waals surface area contributed by atoms with Crippen LogP contribution in [-0.4, -0.2) is 9.78 Å². The summed E-state index contributed by atoms with van der Waals surface area (Å²) in [6.07, 6.45) is 0. The van der Waals surface area contributed by atoms with Crippen molar-refractivity contribution >= 4 is 17.4 Å². The van der Waals surface area contributed by atoms with Crippen LogP contribution < -0.4 is 5.73 Å². The van der Waals surface area contributed by atoms with E-state index in [9.17, 15) is 0 Å². The van der Waals surface area contributed by atoms with Crippen LogP contribution in [0.15, 0.2) is 6.07 Å². The van der Waals surface area contributed by atoms with E-state index in [2.05, 4.69) is 5.10 Å². The summed E-state index contributed by atoms with van der Waals surface area (Å²) < 4.78 is 1.68. The molecule has 0 aliphatic carbocycles. The molecule has 1 aromatic rings. The minimum atomic E-state index is 0.268. The molecule has 0 aliphatic heterocycles. The van der Waals surface area contributed by atoms with Crippen LogP contribution >= 0.6 is 11.6 Å². The van der Waals surface area contributed by atoms with Gasteiger partial charge < -0.3 is 5.73 Å². The number of nitrogen functional groups attached to an aromatic ring is 1. The summed E-state index contributed by atoms with van der Waals surface area (Å²) in [4.78, 5) is 0. The summed E-state index contributed by atoms with van der Waals surface area (Å²) in [5.41, 5.74) is 5.40. The van der Waals surface area contributed by atoms with E-state index in [4.69, 9.17) is 17.3 Å². The van der Waals surface area contributed by atoms with Crippen molar-refractivity contribution in [3.63, 3.8) is 0 Å². The van der Waals surface area contributed by atoms with Crippen LogP contribution in [-0.2, 0) is 0 Å². The van der Waals surface area contributed by atoms with Gasteiger partial charge in [0.05, 0.1) is 0 Å². The molecular formula is C6H10ClN3. The Hall–Kier alpha value is -0.700. The Labute approximate surface area is 64.8 Å². The van der Waals surface area contributed by atoms with E-state index in [0.717, 1.165) is 0 Å². The van der Waals surface area contributed by atoms with Crippen LogP contribution in [0, 0.1) is 0 Å². The van der Waals surface area contributed by atoms with Crippen molar-refractivity contribution < 1.29 is 0 Å². The first-order valence-corrected chi connectivity index (χ1v) is 3.49. The van der Waals surface area contributed by atoms with Gasteiger partial charge in [-0.15, -0.1) is 0 Å². The van der Waals surface area contributed by atoms with Crippen LogP contribution in [0.1, 0.15) is 19.9 Å². The van der Waals surface area contributed by atoms with E-state index in [1.165, 1.54) is 0 Å². The van der Waals surface area contributed by atoms with E-state index >= 15 is 0 Å². The molecule has 0 spiro atoms. The van der Waals surface area contributed by atoms with Crippen molar-refractivity contribution in [2.75, 3.05) is 5.73 Å². The number of nitrogens with zero attached hydrogens (tertiary/aromatic N) is 2. The Morgan fingerprint density at radius 3 is 2.50 bits per heavy atom. The second-order valence-corrected chi connectivity index (χ2v) is 2.82. The third-order valence-corrected chi connectivity index (χ3v) is 1.48. The molecule has 0 saturated heterocycles. The van der Waals surface area contributed by atoms with Crippen LogP contribution in [0.25, 0.3) is 0 Å². The van der Waals surface area contributed by atoms with Crippen molar-refractivity contribution in [2.24, 2.45) is 0 Å². The van der Waals surface area contributed by atoms with Crippen LogP contribution in [0.4, 0.5) is 5.82 Å². The predicted molar refractivity (Wildman–Crippen MR) is 42.0 cm³/mol. The third-order valence-electron chi connectivity index (χ3n) is 1.20. The van der Waals surface area contributed by atoms with Gasteiger partial charge in [-0.1, -0.05) is 11.6 Å². The maximum Gasteiger partial charge on any atom is 0.147 e. The molecule has 0 fully saturated rings.